The number of alkyl halides is 3. The Labute approximate surface area is 241 Å². The van der Waals surface area contributed by atoms with Crippen molar-refractivity contribution in [2.24, 2.45) is 5.92 Å². The number of nitrogens with zero attached hydrogens (tertiary/aromatic N) is 5. The number of piperidine rings is 1. The lowest BCUT2D eigenvalue weighted by atomic mass is 9.93. The zero-order valence-electron chi connectivity index (χ0n) is 23.6. The third-order valence-corrected chi connectivity index (χ3v) is 7.42. The number of amides is 2. The van der Waals surface area contributed by atoms with Crippen LogP contribution < -0.4 is 16.2 Å². The van der Waals surface area contributed by atoms with Crippen LogP contribution in [0.1, 0.15) is 60.6 Å². The highest BCUT2D eigenvalue weighted by Gasteiger charge is 2.30. The minimum atomic E-state index is -4.46. The standard InChI is InChI=1S/C29H36F3N7O3/c1-2-37-13-8-21(9-14-37)17-26(40)34-24-10-15-38(27(41)18-24)11-3-4-12-39-20-25(35-36-39)28(42)33-19-22-6-5-7-23(16-22)29(30,31)32/h5-7,10,15-16,18,20-21H,2-4,8-9,11-14,17,19H2,1H3,(H,33,42)(H,34,40). The molecule has 1 saturated heterocycles. The van der Waals surface area contributed by atoms with E-state index < -0.39 is 17.6 Å². The molecule has 0 atom stereocenters. The maximum Gasteiger partial charge on any atom is 0.416 e. The zero-order chi connectivity index (χ0) is 30.1. The molecule has 1 aliphatic heterocycles. The SMILES string of the molecule is CCN1CCC(CC(=O)Nc2ccn(CCCCn3cc(C(=O)NCc4cccc(C(F)(F)F)c4)nn3)c(=O)c2)CC1. The highest BCUT2D eigenvalue weighted by atomic mass is 19.4. The lowest BCUT2D eigenvalue weighted by molar-refractivity contribution is -0.137. The number of carbonyl (C=O) groups excluding carboxylic acids is 2. The third kappa shape index (κ3) is 9.00. The van der Waals surface area contributed by atoms with Gasteiger partial charge in [0.15, 0.2) is 5.69 Å². The van der Waals surface area contributed by atoms with Crippen molar-refractivity contribution in [1.82, 2.24) is 29.8 Å². The average molecular weight is 588 g/mol. The van der Waals surface area contributed by atoms with E-state index in [0.717, 1.165) is 44.6 Å². The maximum absolute atomic E-state index is 12.9. The Kier molecular flexibility index (Phi) is 10.5. The molecule has 0 spiro atoms. The summed E-state index contributed by atoms with van der Waals surface area (Å²) in [6.07, 6.45) is 2.49. The molecule has 226 valence electrons. The molecule has 0 unspecified atom stereocenters. The van der Waals surface area contributed by atoms with Crippen LogP contribution in [-0.4, -0.2) is 55.9 Å². The molecule has 0 bridgehead atoms. The summed E-state index contributed by atoms with van der Waals surface area (Å²) in [6, 6.07) is 7.91. The number of anilines is 1. The second-order valence-corrected chi connectivity index (χ2v) is 10.5. The average Bonchev–Trinajstić information content (AvgIpc) is 3.44. The Hall–Kier alpha value is -4.00. The summed E-state index contributed by atoms with van der Waals surface area (Å²) in [5.74, 6) is -0.244. The molecule has 2 amide bonds. The van der Waals surface area contributed by atoms with Crippen LogP contribution >= 0.6 is 0 Å². The van der Waals surface area contributed by atoms with Crippen LogP contribution in [0.25, 0.3) is 0 Å². The molecule has 10 nitrogen and oxygen atoms in total. The minimum Gasteiger partial charge on any atom is -0.347 e. The van der Waals surface area contributed by atoms with Gasteiger partial charge < -0.3 is 20.1 Å². The Bertz CT molecular complexity index is 1410. The van der Waals surface area contributed by atoms with Gasteiger partial charge in [0.1, 0.15) is 0 Å². The van der Waals surface area contributed by atoms with Crippen molar-refractivity contribution in [1.29, 1.82) is 0 Å². The summed E-state index contributed by atoms with van der Waals surface area (Å²) in [6.45, 7) is 6.08. The lowest BCUT2D eigenvalue weighted by Gasteiger charge is -2.30. The summed E-state index contributed by atoms with van der Waals surface area (Å²) < 4.78 is 41.7. The molecule has 0 aliphatic carbocycles. The molecule has 2 aromatic heterocycles. The molecule has 3 heterocycles. The first-order chi connectivity index (χ1) is 20.1. The first kappa shape index (κ1) is 30.9. The summed E-state index contributed by atoms with van der Waals surface area (Å²) in [5, 5.41) is 13.2. The van der Waals surface area contributed by atoms with Gasteiger partial charge in [-0.2, -0.15) is 13.2 Å². The van der Waals surface area contributed by atoms with Crippen LogP contribution in [0.5, 0.6) is 0 Å². The summed E-state index contributed by atoms with van der Waals surface area (Å²) >= 11 is 0. The fraction of sp³-hybridized carbons (Fsp3) is 0.483. The molecule has 1 aliphatic rings. The van der Waals surface area contributed by atoms with E-state index in [-0.39, 0.29) is 23.7 Å². The molecular formula is C29H36F3N7O3. The van der Waals surface area contributed by atoms with E-state index in [2.05, 4.69) is 32.8 Å². The number of hydrogen-bond donors (Lipinski definition) is 2. The maximum atomic E-state index is 12.9. The van der Waals surface area contributed by atoms with Crippen molar-refractivity contribution >= 4 is 17.5 Å². The molecule has 42 heavy (non-hydrogen) atoms. The van der Waals surface area contributed by atoms with E-state index in [1.165, 1.54) is 29.1 Å². The molecular weight excluding hydrogens is 551 g/mol. The van der Waals surface area contributed by atoms with Gasteiger partial charge in [-0.05, 0) is 75.0 Å². The van der Waals surface area contributed by atoms with Crippen molar-refractivity contribution in [3.8, 4) is 0 Å². The largest absolute Gasteiger partial charge is 0.416 e. The Morgan fingerprint density at radius 1 is 1.07 bits per heavy atom. The van der Waals surface area contributed by atoms with Crippen LogP contribution in [-0.2, 0) is 30.6 Å². The Morgan fingerprint density at radius 2 is 1.83 bits per heavy atom. The fourth-order valence-corrected chi connectivity index (χ4v) is 4.95. The summed E-state index contributed by atoms with van der Waals surface area (Å²) in [7, 11) is 0. The van der Waals surface area contributed by atoms with E-state index in [1.807, 2.05) is 0 Å². The van der Waals surface area contributed by atoms with Crippen LogP contribution in [0, 0.1) is 5.92 Å². The highest BCUT2D eigenvalue weighted by Crippen LogP contribution is 2.29. The van der Waals surface area contributed by atoms with E-state index in [1.54, 1.807) is 16.8 Å². The Morgan fingerprint density at radius 3 is 2.55 bits per heavy atom. The Balaban J connectivity index is 1.17. The van der Waals surface area contributed by atoms with Crippen LogP contribution in [0.2, 0.25) is 0 Å². The van der Waals surface area contributed by atoms with E-state index in [0.29, 0.717) is 49.5 Å². The quantitative estimate of drug-likeness (QED) is 0.311. The van der Waals surface area contributed by atoms with Gasteiger partial charge in [0, 0.05) is 44.0 Å². The van der Waals surface area contributed by atoms with Crippen LogP contribution in [0.4, 0.5) is 18.9 Å². The number of rotatable bonds is 12. The molecule has 2 N–H and O–H groups in total. The lowest BCUT2D eigenvalue weighted by Crippen LogP contribution is -2.34. The minimum absolute atomic E-state index is 0.0576. The number of aryl methyl sites for hydroxylation is 2. The van der Waals surface area contributed by atoms with Crippen molar-refractivity contribution in [2.75, 3.05) is 25.0 Å². The van der Waals surface area contributed by atoms with Gasteiger partial charge in [-0.15, -0.1) is 5.10 Å². The normalized spacial score (nSPS) is 14.6. The predicted molar refractivity (Wildman–Crippen MR) is 151 cm³/mol. The molecule has 1 fully saturated rings. The van der Waals surface area contributed by atoms with Gasteiger partial charge in [0.25, 0.3) is 11.5 Å². The van der Waals surface area contributed by atoms with Gasteiger partial charge in [-0.3, -0.25) is 19.1 Å². The van der Waals surface area contributed by atoms with Crippen LogP contribution in [0.3, 0.4) is 0 Å². The predicted octanol–water partition coefficient (Wildman–Crippen LogP) is 3.93. The molecule has 4 rings (SSSR count). The number of aromatic nitrogens is 4. The zero-order valence-corrected chi connectivity index (χ0v) is 23.6. The second-order valence-electron chi connectivity index (χ2n) is 10.5. The van der Waals surface area contributed by atoms with Crippen molar-refractivity contribution < 1.29 is 22.8 Å². The van der Waals surface area contributed by atoms with E-state index in [4.69, 9.17) is 0 Å². The fourth-order valence-electron chi connectivity index (χ4n) is 4.95. The number of unbranched alkanes of at least 4 members (excludes halogenated alkanes) is 1. The van der Waals surface area contributed by atoms with Crippen molar-refractivity contribution in [2.45, 2.75) is 64.8 Å². The number of halogens is 3. The molecule has 0 radical (unpaired) electrons. The first-order valence-corrected chi connectivity index (χ1v) is 14.2. The number of pyridine rings is 1. The van der Waals surface area contributed by atoms with E-state index >= 15 is 0 Å². The molecule has 3 aromatic rings. The van der Waals surface area contributed by atoms with Crippen LogP contribution in [0.15, 0.2) is 53.6 Å². The number of carbonyl (C=O) groups is 2. The van der Waals surface area contributed by atoms with Gasteiger partial charge in [0.2, 0.25) is 5.91 Å². The topological polar surface area (TPSA) is 114 Å². The smallest absolute Gasteiger partial charge is 0.347 e. The van der Waals surface area contributed by atoms with Gasteiger partial charge in [-0.1, -0.05) is 24.3 Å². The third-order valence-electron chi connectivity index (χ3n) is 7.42. The number of benzene rings is 1. The van der Waals surface area contributed by atoms with Crippen molar-refractivity contribution in [3.05, 3.63) is 76.0 Å². The van der Waals surface area contributed by atoms with E-state index in [9.17, 15) is 27.6 Å². The molecule has 13 heteroatoms. The number of nitrogens with one attached hydrogen (secondary N) is 2. The molecule has 1 aromatic carbocycles. The van der Waals surface area contributed by atoms with Gasteiger partial charge in [0.05, 0.1) is 11.8 Å². The first-order valence-electron chi connectivity index (χ1n) is 14.2. The van der Waals surface area contributed by atoms with Gasteiger partial charge in [-0.25, -0.2) is 0 Å². The second kappa shape index (κ2) is 14.3. The summed E-state index contributed by atoms with van der Waals surface area (Å²) in [5.41, 5.74) is -0.112. The number of likely N-dealkylation sites (tertiary alicyclic amines) is 1. The summed E-state index contributed by atoms with van der Waals surface area (Å²) in [4.78, 5) is 39.7. The van der Waals surface area contributed by atoms with Crippen molar-refractivity contribution in [3.63, 3.8) is 0 Å². The highest BCUT2D eigenvalue weighted by molar-refractivity contribution is 5.91. The monoisotopic (exact) mass is 587 g/mol. The number of hydrogen-bond acceptors (Lipinski definition) is 6. The van der Waals surface area contributed by atoms with Gasteiger partial charge >= 0.3 is 6.18 Å². The molecule has 0 saturated carbocycles.